The van der Waals surface area contributed by atoms with E-state index in [0.29, 0.717) is 6.04 Å². The summed E-state index contributed by atoms with van der Waals surface area (Å²) < 4.78 is 14.7. The van der Waals surface area contributed by atoms with Crippen LogP contribution >= 0.6 is 0 Å². The lowest BCUT2D eigenvalue weighted by Gasteiger charge is -2.34. The first kappa shape index (κ1) is 12.9. The molecule has 0 radical (unpaired) electrons. The van der Waals surface area contributed by atoms with Gasteiger partial charge in [0, 0.05) is 32.4 Å². The Balaban J connectivity index is 1.64. The van der Waals surface area contributed by atoms with E-state index in [1.54, 1.807) is 6.07 Å². The van der Waals surface area contributed by atoms with Crippen molar-refractivity contribution >= 4 is 11.5 Å². The van der Waals surface area contributed by atoms with E-state index in [1.807, 2.05) is 24.1 Å². The third kappa shape index (κ3) is 2.89. The molecular formula is C14H18FN5. The van der Waals surface area contributed by atoms with Gasteiger partial charge in [0.15, 0.2) is 0 Å². The first-order chi connectivity index (χ1) is 9.70. The molecule has 0 unspecified atom stereocenters. The van der Waals surface area contributed by atoms with Crippen LogP contribution in [-0.4, -0.2) is 33.9 Å². The van der Waals surface area contributed by atoms with Crippen molar-refractivity contribution in [2.75, 3.05) is 23.3 Å². The molecule has 6 heteroatoms. The Morgan fingerprint density at radius 1 is 1.35 bits per heavy atom. The summed E-state index contributed by atoms with van der Waals surface area (Å²) in [7, 11) is 1.92. The van der Waals surface area contributed by atoms with Crippen LogP contribution in [-0.2, 0) is 7.05 Å². The van der Waals surface area contributed by atoms with Crippen molar-refractivity contribution in [3.05, 3.63) is 36.5 Å². The summed E-state index contributed by atoms with van der Waals surface area (Å²) in [5.41, 5.74) is 1.14. The summed E-state index contributed by atoms with van der Waals surface area (Å²) >= 11 is 0. The molecule has 106 valence electrons. The topological polar surface area (TPSA) is 46.0 Å². The van der Waals surface area contributed by atoms with Crippen molar-refractivity contribution in [1.29, 1.82) is 0 Å². The predicted octanol–water partition coefficient (Wildman–Crippen LogP) is 2.04. The minimum atomic E-state index is -0.309. The van der Waals surface area contributed by atoms with Crippen molar-refractivity contribution in [3.63, 3.8) is 0 Å². The van der Waals surface area contributed by atoms with Crippen LogP contribution in [0.1, 0.15) is 12.8 Å². The summed E-state index contributed by atoms with van der Waals surface area (Å²) in [4.78, 5) is 6.37. The van der Waals surface area contributed by atoms with Crippen LogP contribution in [0.3, 0.4) is 0 Å². The van der Waals surface area contributed by atoms with Crippen molar-refractivity contribution in [2.45, 2.75) is 18.9 Å². The van der Waals surface area contributed by atoms with Gasteiger partial charge in [-0.15, -0.1) is 0 Å². The van der Waals surface area contributed by atoms with Crippen LogP contribution in [0.2, 0.25) is 0 Å². The molecule has 2 aromatic rings. The molecule has 3 heterocycles. The van der Waals surface area contributed by atoms with Gasteiger partial charge in [0.2, 0.25) is 0 Å². The highest BCUT2D eigenvalue weighted by molar-refractivity contribution is 5.44. The van der Waals surface area contributed by atoms with Crippen molar-refractivity contribution in [3.8, 4) is 0 Å². The average molecular weight is 275 g/mol. The third-order valence-corrected chi connectivity index (χ3v) is 3.56. The monoisotopic (exact) mass is 275 g/mol. The molecule has 0 aliphatic carbocycles. The van der Waals surface area contributed by atoms with E-state index in [9.17, 15) is 4.39 Å². The second-order valence-corrected chi connectivity index (χ2v) is 5.16. The molecule has 3 rings (SSSR count). The fourth-order valence-electron chi connectivity index (χ4n) is 2.57. The maximum absolute atomic E-state index is 12.8. The number of aromatic nitrogens is 3. The van der Waals surface area contributed by atoms with Crippen LogP contribution in [0, 0.1) is 5.82 Å². The van der Waals surface area contributed by atoms with Crippen LogP contribution in [0.4, 0.5) is 15.9 Å². The van der Waals surface area contributed by atoms with E-state index in [0.717, 1.165) is 37.4 Å². The number of aryl methyl sites for hydroxylation is 1. The lowest BCUT2D eigenvalue weighted by molar-refractivity contribution is 0.528. The second-order valence-electron chi connectivity index (χ2n) is 5.16. The number of halogens is 1. The molecule has 5 nitrogen and oxygen atoms in total. The summed E-state index contributed by atoms with van der Waals surface area (Å²) in [6.07, 6.45) is 7.37. The molecular weight excluding hydrogens is 257 g/mol. The standard InChI is InChI=1S/C14H18FN5/c1-19-10-13(8-17-19)20-6-2-3-12(9-20)18-14-5-4-11(15)7-16-14/h4-5,7-8,10,12H,2-3,6,9H2,1H3,(H,16,18)/t12-/m1/s1. The van der Waals surface area contributed by atoms with Gasteiger partial charge in [-0.1, -0.05) is 0 Å². The Kier molecular flexibility index (Phi) is 3.54. The number of hydrogen-bond acceptors (Lipinski definition) is 4. The van der Waals surface area contributed by atoms with Crippen LogP contribution in [0.25, 0.3) is 0 Å². The molecule has 1 aliphatic heterocycles. The maximum atomic E-state index is 12.8. The highest BCUT2D eigenvalue weighted by Crippen LogP contribution is 2.20. The molecule has 1 fully saturated rings. The number of rotatable bonds is 3. The molecule has 1 saturated heterocycles. The molecule has 20 heavy (non-hydrogen) atoms. The Morgan fingerprint density at radius 3 is 2.95 bits per heavy atom. The fourth-order valence-corrected chi connectivity index (χ4v) is 2.57. The zero-order chi connectivity index (χ0) is 13.9. The highest BCUT2D eigenvalue weighted by atomic mass is 19.1. The molecule has 1 atom stereocenters. The SMILES string of the molecule is Cn1cc(N2CCC[C@@H](Nc3ccc(F)cn3)C2)cn1. The minimum absolute atomic E-state index is 0.309. The fraction of sp³-hybridized carbons (Fsp3) is 0.429. The summed E-state index contributed by atoms with van der Waals surface area (Å²) in [6, 6.07) is 3.43. The minimum Gasteiger partial charge on any atom is -0.367 e. The number of anilines is 2. The number of pyridine rings is 1. The van der Waals surface area contributed by atoms with Gasteiger partial charge in [-0.05, 0) is 25.0 Å². The van der Waals surface area contributed by atoms with Gasteiger partial charge in [0.1, 0.15) is 11.6 Å². The molecule has 0 bridgehead atoms. The van der Waals surface area contributed by atoms with E-state index in [1.165, 1.54) is 12.3 Å². The molecule has 0 aromatic carbocycles. The Bertz CT molecular complexity index is 565. The van der Waals surface area contributed by atoms with E-state index in [-0.39, 0.29) is 5.82 Å². The number of piperidine rings is 1. The quantitative estimate of drug-likeness (QED) is 0.931. The first-order valence-electron chi connectivity index (χ1n) is 6.82. The van der Waals surface area contributed by atoms with Crippen LogP contribution in [0.15, 0.2) is 30.7 Å². The van der Waals surface area contributed by atoms with Crippen molar-refractivity contribution < 1.29 is 4.39 Å². The molecule has 0 saturated carbocycles. The average Bonchev–Trinajstić information content (AvgIpc) is 2.89. The Morgan fingerprint density at radius 2 is 2.25 bits per heavy atom. The van der Waals surface area contributed by atoms with Gasteiger partial charge >= 0.3 is 0 Å². The van der Waals surface area contributed by atoms with Gasteiger partial charge < -0.3 is 10.2 Å². The predicted molar refractivity (Wildman–Crippen MR) is 76.3 cm³/mol. The lowest BCUT2D eigenvalue weighted by Crippen LogP contribution is -2.42. The van der Waals surface area contributed by atoms with E-state index in [2.05, 4.69) is 20.3 Å². The lowest BCUT2D eigenvalue weighted by atomic mass is 10.1. The zero-order valence-electron chi connectivity index (χ0n) is 11.5. The van der Waals surface area contributed by atoms with E-state index >= 15 is 0 Å². The molecule has 0 spiro atoms. The van der Waals surface area contributed by atoms with Crippen molar-refractivity contribution in [2.24, 2.45) is 7.05 Å². The van der Waals surface area contributed by atoms with E-state index < -0.39 is 0 Å². The number of nitrogens with one attached hydrogen (secondary N) is 1. The zero-order valence-corrected chi connectivity index (χ0v) is 11.5. The summed E-state index contributed by atoms with van der Waals surface area (Å²) in [6.45, 7) is 1.95. The normalized spacial score (nSPS) is 19.1. The largest absolute Gasteiger partial charge is 0.367 e. The third-order valence-electron chi connectivity index (χ3n) is 3.56. The summed E-state index contributed by atoms with van der Waals surface area (Å²) in [5, 5.41) is 7.58. The Labute approximate surface area is 117 Å². The van der Waals surface area contributed by atoms with Gasteiger partial charge in [-0.25, -0.2) is 9.37 Å². The van der Waals surface area contributed by atoms with Gasteiger partial charge in [0.05, 0.1) is 18.1 Å². The maximum Gasteiger partial charge on any atom is 0.141 e. The Hall–Kier alpha value is -2.11. The van der Waals surface area contributed by atoms with Gasteiger partial charge in [0.25, 0.3) is 0 Å². The number of nitrogens with zero attached hydrogens (tertiary/aromatic N) is 4. The highest BCUT2D eigenvalue weighted by Gasteiger charge is 2.21. The van der Waals surface area contributed by atoms with Crippen LogP contribution in [0.5, 0.6) is 0 Å². The van der Waals surface area contributed by atoms with Gasteiger partial charge in [-0.2, -0.15) is 5.10 Å². The molecule has 2 aromatic heterocycles. The van der Waals surface area contributed by atoms with E-state index in [4.69, 9.17) is 0 Å². The second kappa shape index (κ2) is 5.48. The number of hydrogen-bond donors (Lipinski definition) is 1. The molecule has 1 N–H and O–H groups in total. The molecule has 0 amide bonds. The van der Waals surface area contributed by atoms with Crippen LogP contribution < -0.4 is 10.2 Å². The van der Waals surface area contributed by atoms with Crippen molar-refractivity contribution in [1.82, 2.24) is 14.8 Å². The molecule has 1 aliphatic rings. The van der Waals surface area contributed by atoms with Gasteiger partial charge in [-0.3, -0.25) is 4.68 Å². The smallest absolute Gasteiger partial charge is 0.141 e. The first-order valence-corrected chi connectivity index (χ1v) is 6.82. The summed E-state index contributed by atoms with van der Waals surface area (Å²) in [5.74, 6) is 0.417.